The third-order valence-corrected chi connectivity index (χ3v) is 3.63. The Morgan fingerprint density at radius 3 is 2.62 bits per heavy atom. The van der Waals surface area contributed by atoms with Crippen LogP contribution >= 0.6 is 12.4 Å². The average Bonchev–Trinajstić information content (AvgIpc) is 2.82. The number of para-hydroxylation sites is 1. The highest BCUT2D eigenvalue weighted by Gasteiger charge is 2.23. The molecule has 0 saturated carbocycles. The van der Waals surface area contributed by atoms with Gasteiger partial charge in [0.1, 0.15) is 11.2 Å². The molecule has 1 aromatic carbocycles. The summed E-state index contributed by atoms with van der Waals surface area (Å²) in [5.41, 5.74) is 1.39. The molecule has 0 radical (unpaired) electrons. The molecule has 1 aliphatic rings. The van der Waals surface area contributed by atoms with Gasteiger partial charge in [-0.25, -0.2) is 9.67 Å². The zero-order valence-electron chi connectivity index (χ0n) is 11.1. The van der Waals surface area contributed by atoms with Crippen LogP contribution in [0, 0.1) is 0 Å². The maximum atomic E-state index is 12.1. The van der Waals surface area contributed by atoms with E-state index in [0.29, 0.717) is 11.0 Å². The summed E-state index contributed by atoms with van der Waals surface area (Å²) < 4.78 is 1.71. The van der Waals surface area contributed by atoms with Crippen LogP contribution in [0.25, 0.3) is 16.7 Å². The molecule has 108 valence electrons. The van der Waals surface area contributed by atoms with Gasteiger partial charge in [-0.05, 0) is 12.1 Å². The number of nitrogens with one attached hydrogen (secondary N) is 2. The van der Waals surface area contributed by atoms with Gasteiger partial charge in [0.2, 0.25) is 0 Å². The zero-order valence-corrected chi connectivity index (χ0v) is 11.9. The topological polar surface area (TPSA) is 75.6 Å². The smallest absolute Gasteiger partial charge is 0.262 e. The Balaban J connectivity index is 0.00000132. The van der Waals surface area contributed by atoms with E-state index in [0.717, 1.165) is 24.6 Å². The molecule has 0 aliphatic carbocycles. The van der Waals surface area contributed by atoms with Gasteiger partial charge in [0.25, 0.3) is 5.56 Å². The molecule has 6 nitrogen and oxygen atoms in total. The van der Waals surface area contributed by atoms with E-state index in [-0.39, 0.29) is 23.9 Å². The third-order valence-electron chi connectivity index (χ3n) is 3.63. The maximum absolute atomic E-state index is 12.1. The number of hydrogen-bond acceptors (Lipinski definition) is 4. The van der Waals surface area contributed by atoms with Crippen LogP contribution in [0.5, 0.6) is 0 Å². The van der Waals surface area contributed by atoms with Crippen LogP contribution in [0.15, 0.2) is 41.3 Å². The van der Waals surface area contributed by atoms with Gasteiger partial charge in [-0.1, -0.05) is 18.2 Å². The van der Waals surface area contributed by atoms with Crippen molar-refractivity contribution in [2.75, 3.05) is 13.1 Å². The van der Waals surface area contributed by atoms with Gasteiger partial charge >= 0.3 is 0 Å². The molecule has 4 rings (SSSR count). The molecule has 2 aromatic heterocycles. The summed E-state index contributed by atoms with van der Waals surface area (Å²) in [6, 6.07) is 9.71. The van der Waals surface area contributed by atoms with E-state index in [1.807, 2.05) is 30.3 Å². The van der Waals surface area contributed by atoms with E-state index < -0.39 is 0 Å². The molecule has 7 heteroatoms. The Bertz CT molecular complexity index is 822. The number of aromatic amines is 1. The minimum atomic E-state index is -0.126. The normalized spacial score (nSPS) is 14.7. The third kappa shape index (κ3) is 2.22. The number of H-pyrrole nitrogens is 1. The predicted molar refractivity (Wildman–Crippen MR) is 82.3 cm³/mol. The summed E-state index contributed by atoms with van der Waals surface area (Å²) in [6.45, 7) is 1.71. The summed E-state index contributed by atoms with van der Waals surface area (Å²) in [4.78, 5) is 19.6. The summed E-state index contributed by atoms with van der Waals surface area (Å²) in [5, 5.41) is 7.99. The van der Waals surface area contributed by atoms with Gasteiger partial charge in [-0.2, -0.15) is 5.10 Å². The second-order valence-electron chi connectivity index (χ2n) is 4.94. The number of halogens is 1. The molecule has 2 N–H and O–H groups in total. The fourth-order valence-corrected chi connectivity index (χ4v) is 2.37. The van der Waals surface area contributed by atoms with Crippen molar-refractivity contribution >= 4 is 23.4 Å². The van der Waals surface area contributed by atoms with E-state index in [4.69, 9.17) is 0 Å². The SMILES string of the molecule is Cl.O=c1[nH]c(C2CNC2)nc2c1cnn2-c1ccccc1. The standard InChI is InChI=1S/C14H13N5O.ClH/c20-14-11-8-16-19(10-4-2-1-3-5-10)13(11)17-12(18-14)9-6-15-7-9;/h1-5,8-9,15H,6-7H2,(H,17,18,20);1H. The number of hydrogen-bond donors (Lipinski definition) is 2. The summed E-state index contributed by atoms with van der Waals surface area (Å²) in [5.74, 6) is 1.02. The number of fused-ring (bicyclic) bond motifs is 1. The zero-order chi connectivity index (χ0) is 13.5. The van der Waals surface area contributed by atoms with E-state index >= 15 is 0 Å². The van der Waals surface area contributed by atoms with Crippen LogP contribution in [0.4, 0.5) is 0 Å². The lowest BCUT2D eigenvalue weighted by Gasteiger charge is -2.25. The molecule has 0 unspecified atom stereocenters. The Kier molecular flexibility index (Phi) is 3.48. The van der Waals surface area contributed by atoms with Gasteiger partial charge in [0.05, 0.1) is 11.9 Å². The molecular weight excluding hydrogens is 290 g/mol. The molecule has 0 bridgehead atoms. The van der Waals surface area contributed by atoms with Crippen molar-refractivity contribution in [1.29, 1.82) is 0 Å². The summed E-state index contributed by atoms with van der Waals surface area (Å²) in [7, 11) is 0. The van der Waals surface area contributed by atoms with Crippen LogP contribution in [0.2, 0.25) is 0 Å². The number of nitrogens with zero attached hydrogens (tertiary/aromatic N) is 3. The van der Waals surface area contributed by atoms with E-state index in [2.05, 4.69) is 20.4 Å². The Labute approximate surface area is 126 Å². The minimum Gasteiger partial charge on any atom is -0.315 e. The first-order valence-electron chi connectivity index (χ1n) is 6.57. The van der Waals surface area contributed by atoms with Crippen LogP contribution in [0.3, 0.4) is 0 Å². The van der Waals surface area contributed by atoms with Gasteiger partial charge < -0.3 is 10.3 Å². The predicted octanol–water partition coefficient (Wildman–Crippen LogP) is 1.22. The van der Waals surface area contributed by atoms with Crippen molar-refractivity contribution in [3.05, 3.63) is 52.7 Å². The van der Waals surface area contributed by atoms with Crippen molar-refractivity contribution in [2.24, 2.45) is 0 Å². The Morgan fingerprint density at radius 2 is 1.95 bits per heavy atom. The van der Waals surface area contributed by atoms with Crippen molar-refractivity contribution in [2.45, 2.75) is 5.92 Å². The van der Waals surface area contributed by atoms with Crippen LogP contribution in [-0.4, -0.2) is 32.8 Å². The Morgan fingerprint density at radius 1 is 1.19 bits per heavy atom. The Hall–Kier alpha value is -2.18. The molecule has 0 amide bonds. The van der Waals surface area contributed by atoms with Crippen molar-refractivity contribution < 1.29 is 0 Å². The van der Waals surface area contributed by atoms with Crippen molar-refractivity contribution in [3.63, 3.8) is 0 Å². The highest BCUT2D eigenvalue weighted by atomic mass is 35.5. The monoisotopic (exact) mass is 303 g/mol. The lowest BCUT2D eigenvalue weighted by atomic mass is 10.0. The second kappa shape index (κ2) is 5.31. The number of aromatic nitrogens is 4. The first kappa shape index (κ1) is 13.8. The van der Waals surface area contributed by atoms with Crippen molar-refractivity contribution in [3.8, 4) is 5.69 Å². The fourth-order valence-electron chi connectivity index (χ4n) is 2.37. The summed E-state index contributed by atoms with van der Waals surface area (Å²) >= 11 is 0. The lowest BCUT2D eigenvalue weighted by Crippen LogP contribution is -2.41. The average molecular weight is 304 g/mol. The van der Waals surface area contributed by atoms with E-state index in [1.54, 1.807) is 10.9 Å². The highest BCUT2D eigenvalue weighted by Crippen LogP contribution is 2.18. The molecule has 0 spiro atoms. The number of rotatable bonds is 2. The first-order valence-corrected chi connectivity index (χ1v) is 6.57. The molecule has 1 saturated heterocycles. The van der Waals surface area contributed by atoms with Crippen LogP contribution in [-0.2, 0) is 0 Å². The van der Waals surface area contributed by atoms with Gasteiger partial charge in [0, 0.05) is 19.0 Å². The second-order valence-corrected chi connectivity index (χ2v) is 4.94. The molecule has 1 fully saturated rings. The van der Waals surface area contributed by atoms with Gasteiger partial charge in [0.15, 0.2) is 5.65 Å². The number of benzene rings is 1. The highest BCUT2D eigenvalue weighted by molar-refractivity contribution is 5.85. The van der Waals surface area contributed by atoms with Gasteiger partial charge in [-0.15, -0.1) is 12.4 Å². The molecule has 0 atom stereocenters. The molecular formula is C14H14ClN5O. The van der Waals surface area contributed by atoms with Gasteiger partial charge in [-0.3, -0.25) is 4.79 Å². The largest absolute Gasteiger partial charge is 0.315 e. The lowest BCUT2D eigenvalue weighted by molar-refractivity contribution is 0.430. The molecule has 1 aliphatic heterocycles. The van der Waals surface area contributed by atoms with Crippen LogP contribution in [0.1, 0.15) is 11.7 Å². The summed E-state index contributed by atoms with van der Waals surface area (Å²) in [6.07, 6.45) is 1.57. The molecule has 21 heavy (non-hydrogen) atoms. The molecule has 3 heterocycles. The molecule has 3 aromatic rings. The first-order chi connectivity index (χ1) is 9.83. The quantitative estimate of drug-likeness (QED) is 0.746. The maximum Gasteiger partial charge on any atom is 0.262 e. The minimum absolute atomic E-state index is 0. The fraction of sp³-hybridized carbons (Fsp3) is 0.214. The van der Waals surface area contributed by atoms with E-state index in [9.17, 15) is 4.79 Å². The van der Waals surface area contributed by atoms with E-state index in [1.165, 1.54) is 0 Å². The van der Waals surface area contributed by atoms with Crippen molar-refractivity contribution in [1.82, 2.24) is 25.1 Å². The van der Waals surface area contributed by atoms with Crippen LogP contribution < -0.4 is 10.9 Å².